The minimum atomic E-state index is -0.129. The molecule has 1 atom stereocenters. The van der Waals surface area contributed by atoms with Crippen LogP contribution in [0.3, 0.4) is 0 Å². The summed E-state index contributed by atoms with van der Waals surface area (Å²) in [6.45, 7) is 3.95. The van der Waals surface area contributed by atoms with Crippen molar-refractivity contribution in [3.63, 3.8) is 0 Å². The van der Waals surface area contributed by atoms with Gasteiger partial charge in [-0.05, 0) is 49.6 Å². The number of nitrogens with one attached hydrogen (secondary N) is 1. The Bertz CT molecular complexity index is 795. The Labute approximate surface area is 149 Å². The van der Waals surface area contributed by atoms with Gasteiger partial charge in [-0.3, -0.25) is 4.79 Å². The molecule has 0 bridgehead atoms. The fourth-order valence-corrected chi connectivity index (χ4v) is 3.76. The Hall–Kier alpha value is -2.18. The molecule has 0 fully saturated rings. The van der Waals surface area contributed by atoms with Crippen molar-refractivity contribution < 1.29 is 9.53 Å². The Morgan fingerprint density at radius 3 is 2.67 bits per heavy atom. The molecule has 0 aliphatic carbocycles. The number of amides is 1. The SMILES string of the molecule is Cc1csc(-c2ccc(OCC(=O)N[C@H](C)c3cccs3)cc2)n1. The van der Waals surface area contributed by atoms with E-state index in [4.69, 9.17) is 4.74 Å². The van der Waals surface area contributed by atoms with Crippen LogP contribution in [-0.4, -0.2) is 17.5 Å². The summed E-state index contributed by atoms with van der Waals surface area (Å²) in [4.78, 5) is 17.6. The van der Waals surface area contributed by atoms with Crippen molar-refractivity contribution in [2.45, 2.75) is 19.9 Å². The molecule has 3 aromatic rings. The maximum absolute atomic E-state index is 12.0. The van der Waals surface area contributed by atoms with Gasteiger partial charge in [-0.25, -0.2) is 4.98 Å². The molecule has 0 spiro atoms. The molecule has 0 aliphatic heterocycles. The van der Waals surface area contributed by atoms with Gasteiger partial charge in [-0.2, -0.15) is 0 Å². The first-order valence-corrected chi connectivity index (χ1v) is 9.36. The molecule has 6 heteroatoms. The Morgan fingerprint density at radius 2 is 2.04 bits per heavy atom. The number of hydrogen-bond donors (Lipinski definition) is 1. The molecule has 2 aromatic heterocycles. The summed E-state index contributed by atoms with van der Waals surface area (Å²) in [6, 6.07) is 11.6. The van der Waals surface area contributed by atoms with E-state index in [0.717, 1.165) is 21.1 Å². The molecule has 0 unspecified atom stereocenters. The molecule has 1 aromatic carbocycles. The molecule has 4 nitrogen and oxygen atoms in total. The lowest BCUT2D eigenvalue weighted by Crippen LogP contribution is -2.30. The summed E-state index contributed by atoms with van der Waals surface area (Å²) in [5, 5.41) is 7.94. The lowest BCUT2D eigenvalue weighted by molar-refractivity contribution is -0.123. The van der Waals surface area contributed by atoms with Crippen LogP contribution in [0.15, 0.2) is 47.2 Å². The molecule has 124 valence electrons. The number of thiophene rings is 1. The van der Waals surface area contributed by atoms with Gasteiger partial charge in [-0.15, -0.1) is 22.7 Å². The smallest absolute Gasteiger partial charge is 0.258 e. The lowest BCUT2D eigenvalue weighted by Gasteiger charge is -2.13. The van der Waals surface area contributed by atoms with Gasteiger partial charge >= 0.3 is 0 Å². The summed E-state index contributed by atoms with van der Waals surface area (Å²) in [7, 11) is 0. The van der Waals surface area contributed by atoms with Crippen LogP contribution in [0, 0.1) is 6.92 Å². The van der Waals surface area contributed by atoms with E-state index in [1.54, 1.807) is 22.7 Å². The van der Waals surface area contributed by atoms with Crippen molar-refractivity contribution in [3.8, 4) is 16.3 Å². The van der Waals surface area contributed by atoms with E-state index in [9.17, 15) is 4.79 Å². The van der Waals surface area contributed by atoms with Crippen LogP contribution < -0.4 is 10.1 Å². The van der Waals surface area contributed by atoms with Crippen molar-refractivity contribution >= 4 is 28.6 Å². The van der Waals surface area contributed by atoms with Crippen molar-refractivity contribution in [2.24, 2.45) is 0 Å². The van der Waals surface area contributed by atoms with E-state index in [0.29, 0.717) is 5.75 Å². The molecule has 0 saturated heterocycles. The minimum absolute atomic E-state index is 0.00313. The van der Waals surface area contributed by atoms with E-state index in [-0.39, 0.29) is 18.6 Å². The van der Waals surface area contributed by atoms with E-state index in [1.165, 1.54) is 0 Å². The molecule has 2 heterocycles. The van der Waals surface area contributed by atoms with Gasteiger partial charge in [0.25, 0.3) is 5.91 Å². The summed E-state index contributed by atoms with van der Waals surface area (Å²) in [6.07, 6.45) is 0. The first kappa shape index (κ1) is 16.7. The topological polar surface area (TPSA) is 51.2 Å². The number of carbonyl (C=O) groups is 1. The van der Waals surface area contributed by atoms with Crippen molar-refractivity contribution in [1.82, 2.24) is 10.3 Å². The van der Waals surface area contributed by atoms with Crippen LogP contribution in [-0.2, 0) is 4.79 Å². The maximum atomic E-state index is 12.0. The van der Waals surface area contributed by atoms with Crippen LogP contribution in [0.5, 0.6) is 5.75 Å². The summed E-state index contributed by atoms with van der Waals surface area (Å²) >= 11 is 3.25. The third-order valence-corrected chi connectivity index (χ3v) is 5.50. The standard InChI is InChI=1S/C18H18N2O2S2/c1-12-11-24-18(19-12)14-5-7-15(8-6-14)22-10-17(21)20-13(2)16-4-3-9-23-16/h3-9,11,13H,10H2,1-2H3,(H,20,21)/t13-/m1/s1. The highest BCUT2D eigenvalue weighted by Gasteiger charge is 2.11. The molecule has 1 N–H and O–H groups in total. The van der Waals surface area contributed by atoms with Crippen molar-refractivity contribution in [3.05, 3.63) is 57.7 Å². The number of benzene rings is 1. The van der Waals surface area contributed by atoms with E-state index in [2.05, 4.69) is 10.3 Å². The molecule has 0 aliphatic rings. The number of aromatic nitrogens is 1. The molecular formula is C18H18N2O2S2. The van der Waals surface area contributed by atoms with Crippen LogP contribution in [0.4, 0.5) is 0 Å². The largest absolute Gasteiger partial charge is 0.484 e. The van der Waals surface area contributed by atoms with Crippen LogP contribution >= 0.6 is 22.7 Å². The van der Waals surface area contributed by atoms with Gasteiger partial charge in [0.2, 0.25) is 0 Å². The first-order chi connectivity index (χ1) is 11.6. The number of nitrogens with zero attached hydrogens (tertiary/aromatic N) is 1. The second-order valence-corrected chi connectivity index (χ2v) is 7.25. The summed E-state index contributed by atoms with van der Waals surface area (Å²) in [5.74, 6) is 0.543. The highest BCUT2D eigenvalue weighted by Crippen LogP contribution is 2.25. The van der Waals surface area contributed by atoms with Crippen LogP contribution in [0.2, 0.25) is 0 Å². The lowest BCUT2D eigenvalue weighted by atomic mass is 10.2. The van der Waals surface area contributed by atoms with E-state index >= 15 is 0 Å². The average Bonchev–Trinajstić information content (AvgIpc) is 3.25. The predicted molar refractivity (Wildman–Crippen MR) is 98.7 cm³/mol. The molecular weight excluding hydrogens is 340 g/mol. The number of thiazole rings is 1. The number of ether oxygens (including phenoxy) is 1. The zero-order valence-corrected chi connectivity index (χ0v) is 15.1. The molecule has 3 rings (SSSR count). The molecule has 0 radical (unpaired) electrons. The van der Waals surface area contributed by atoms with Crippen molar-refractivity contribution in [2.75, 3.05) is 6.61 Å². The fourth-order valence-electron chi connectivity index (χ4n) is 2.22. The average molecular weight is 358 g/mol. The van der Waals surface area contributed by atoms with Gasteiger partial charge in [-0.1, -0.05) is 6.07 Å². The monoisotopic (exact) mass is 358 g/mol. The van der Waals surface area contributed by atoms with E-state index < -0.39 is 0 Å². The highest BCUT2D eigenvalue weighted by atomic mass is 32.1. The number of aryl methyl sites for hydroxylation is 1. The third kappa shape index (κ3) is 4.21. The van der Waals surface area contributed by atoms with Crippen molar-refractivity contribution in [1.29, 1.82) is 0 Å². The quantitative estimate of drug-likeness (QED) is 0.709. The van der Waals surface area contributed by atoms with Gasteiger partial charge in [0.1, 0.15) is 10.8 Å². The van der Waals surface area contributed by atoms with Crippen LogP contribution in [0.1, 0.15) is 23.5 Å². The zero-order chi connectivity index (χ0) is 16.9. The van der Waals surface area contributed by atoms with Crippen LogP contribution in [0.25, 0.3) is 10.6 Å². The molecule has 0 saturated carbocycles. The molecule has 1 amide bonds. The first-order valence-electron chi connectivity index (χ1n) is 7.60. The summed E-state index contributed by atoms with van der Waals surface area (Å²) in [5.41, 5.74) is 2.07. The summed E-state index contributed by atoms with van der Waals surface area (Å²) < 4.78 is 5.56. The zero-order valence-electron chi connectivity index (χ0n) is 13.5. The number of rotatable bonds is 6. The molecule has 24 heavy (non-hydrogen) atoms. The minimum Gasteiger partial charge on any atom is -0.484 e. The fraction of sp³-hybridized carbons (Fsp3) is 0.222. The Morgan fingerprint density at radius 1 is 1.25 bits per heavy atom. The maximum Gasteiger partial charge on any atom is 0.258 e. The normalized spacial score (nSPS) is 11.9. The Kier molecular flexibility index (Phi) is 5.27. The van der Waals surface area contributed by atoms with Gasteiger partial charge in [0.05, 0.1) is 6.04 Å². The van der Waals surface area contributed by atoms with Gasteiger partial charge < -0.3 is 10.1 Å². The van der Waals surface area contributed by atoms with E-state index in [1.807, 2.05) is 61.0 Å². The Balaban J connectivity index is 1.52. The number of carbonyl (C=O) groups excluding carboxylic acids is 1. The second kappa shape index (κ2) is 7.59. The third-order valence-electron chi connectivity index (χ3n) is 3.44. The second-order valence-electron chi connectivity index (χ2n) is 5.41. The number of hydrogen-bond acceptors (Lipinski definition) is 5. The predicted octanol–water partition coefficient (Wildman–Crippen LogP) is 4.44. The van der Waals surface area contributed by atoms with Gasteiger partial charge in [0, 0.05) is 21.5 Å². The van der Waals surface area contributed by atoms with Gasteiger partial charge in [0.15, 0.2) is 6.61 Å². The highest BCUT2D eigenvalue weighted by molar-refractivity contribution is 7.13.